The molecule has 1 amide bonds. The lowest BCUT2D eigenvalue weighted by Gasteiger charge is -2.30. The minimum atomic E-state index is -0.216. The summed E-state index contributed by atoms with van der Waals surface area (Å²) in [6.07, 6.45) is 3.03. The summed E-state index contributed by atoms with van der Waals surface area (Å²) in [5.41, 5.74) is 5.33. The third-order valence-electron chi connectivity index (χ3n) is 4.02. The van der Waals surface area contributed by atoms with Crippen molar-refractivity contribution in [2.45, 2.75) is 40.0 Å². The Bertz CT molecular complexity index is 266. The zero-order valence-corrected chi connectivity index (χ0v) is 12.2. The first kappa shape index (κ1) is 15.4. The summed E-state index contributed by atoms with van der Waals surface area (Å²) in [5, 5.41) is 0. The molecule has 0 aromatic heterocycles. The molecule has 1 heterocycles. The van der Waals surface area contributed by atoms with E-state index in [-0.39, 0.29) is 5.41 Å². The number of nitrogens with zero attached hydrogens (tertiary/aromatic N) is 2. The molecule has 0 saturated carbocycles. The van der Waals surface area contributed by atoms with Crippen molar-refractivity contribution in [2.24, 2.45) is 11.1 Å². The maximum absolute atomic E-state index is 12.4. The van der Waals surface area contributed by atoms with Crippen LogP contribution in [0.2, 0.25) is 0 Å². The minimum Gasteiger partial charge on any atom is -0.341 e. The Morgan fingerprint density at radius 2 is 1.94 bits per heavy atom. The van der Waals surface area contributed by atoms with E-state index in [1.165, 1.54) is 0 Å². The van der Waals surface area contributed by atoms with E-state index in [0.717, 1.165) is 58.5 Å². The molecule has 4 nitrogen and oxygen atoms in total. The summed E-state index contributed by atoms with van der Waals surface area (Å²) in [5.74, 6) is 0.311. The Kier molecular flexibility index (Phi) is 6.09. The van der Waals surface area contributed by atoms with Crippen LogP contribution in [0.15, 0.2) is 0 Å². The number of amides is 1. The van der Waals surface area contributed by atoms with Crippen LogP contribution in [0.3, 0.4) is 0 Å². The highest BCUT2D eigenvalue weighted by atomic mass is 16.2. The van der Waals surface area contributed by atoms with Gasteiger partial charge < -0.3 is 15.5 Å². The van der Waals surface area contributed by atoms with E-state index in [2.05, 4.69) is 11.8 Å². The first-order valence-corrected chi connectivity index (χ1v) is 7.23. The van der Waals surface area contributed by atoms with Crippen LogP contribution >= 0.6 is 0 Å². The fourth-order valence-electron chi connectivity index (χ4n) is 2.29. The molecule has 0 radical (unpaired) electrons. The van der Waals surface area contributed by atoms with E-state index in [0.29, 0.717) is 5.91 Å². The number of nitrogens with two attached hydrogens (primary N) is 1. The van der Waals surface area contributed by atoms with Gasteiger partial charge in [-0.15, -0.1) is 0 Å². The van der Waals surface area contributed by atoms with Gasteiger partial charge in [0.05, 0.1) is 0 Å². The van der Waals surface area contributed by atoms with Gasteiger partial charge in [-0.25, -0.2) is 0 Å². The van der Waals surface area contributed by atoms with Crippen LogP contribution in [-0.4, -0.2) is 55.0 Å². The number of carbonyl (C=O) groups excluding carboxylic acids is 1. The Morgan fingerprint density at radius 1 is 1.22 bits per heavy atom. The molecule has 0 aliphatic carbocycles. The van der Waals surface area contributed by atoms with Gasteiger partial charge in [0.25, 0.3) is 0 Å². The topological polar surface area (TPSA) is 49.6 Å². The molecule has 2 N–H and O–H groups in total. The molecule has 0 aromatic carbocycles. The first-order chi connectivity index (χ1) is 8.51. The normalized spacial score (nSPS) is 18.8. The van der Waals surface area contributed by atoms with Gasteiger partial charge in [0, 0.05) is 25.0 Å². The smallest absolute Gasteiger partial charge is 0.228 e. The molecule has 18 heavy (non-hydrogen) atoms. The number of hydrogen-bond donors (Lipinski definition) is 1. The van der Waals surface area contributed by atoms with Crippen LogP contribution in [0.1, 0.15) is 40.0 Å². The van der Waals surface area contributed by atoms with Gasteiger partial charge >= 0.3 is 0 Å². The monoisotopic (exact) mass is 255 g/mol. The molecule has 1 aliphatic heterocycles. The Morgan fingerprint density at radius 3 is 2.56 bits per heavy atom. The minimum absolute atomic E-state index is 0.216. The van der Waals surface area contributed by atoms with Crippen molar-refractivity contribution >= 4 is 5.91 Å². The van der Waals surface area contributed by atoms with Gasteiger partial charge in [-0.2, -0.15) is 0 Å². The molecule has 0 bridgehead atoms. The third kappa shape index (κ3) is 4.25. The maximum Gasteiger partial charge on any atom is 0.228 e. The van der Waals surface area contributed by atoms with Crippen molar-refractivity contribution in [1.29, 1.82) is 0 Å². The maximum atomic E-state index is 12.4. The lowest BCUT2D eigenvalue weighted by molar-refractivity contribution is -0.140. The standard InChI is InChI=1S/C14H29N3O/c1-4-14(2,3)13(18)17-10-6-9-16(11-12-17)8-5-7-15/h4-12,15H2,1-3H3. The number of carbonyl (C=O) groups is 1. The third-order valence-corrected chi connectivity index (χ3v) is 4.02. The van der Waals surface area contributed by atoms with Crippen LogP contribution in [0.25, 0.3) is 0 Å². The predicted molar refractivity (Wildman–Crippen MR) is 75.4 cm³/mol. The second-order valence-corrected chi connectivity index (χ2v) is 5.87. The van der Waals surface area contributed by atoms with E-state index >= 15 is 0 Å². The number of hydrogen-bond acceptors (Lipinski definition) is 3. The zero-order chi connectivity index (χ0) is 13.6. The summed E-state index contributed by atoms with van der Waals surface area (Å²) in [6, 6.07) is 0. The van der Waals surface area contributed by atoms with E-state index in [4.69, 9.17) is 5.73 Å². The molecule has 0 unspecified atom stereocenters. The van der Waals surface area contributed by atoms with Crippen LogP contribution in [0.5, 0.6) is 0 Å². The lowest BCUT2D eigenvalue weighted by Crippen LogP contribution is -2.42. The largest absolute Gasteiger partial charge is 0.341 e. The highest BCUT2D eigenvalue weighted by Gasteiger charge is 2.30. The van der Waals surface area contributed by atoms with Crippen LogP contribution in [-0.2, 0) is 4.79 Å². The molecule has 1 saturated heterocycles. The molecule has 106 valence electrons. The molecule has 0 atom stereocenters. The van der Waals surface area contributed by atoms with Crippen LogP contribution < -0.4 is 5.73 Å². The van der Waals surface area contributed by atoms with Gasteiger partial charge in [0.2, 0.25) is 5.91 Å². The highest BCUT2D eigenvalue weighted by Crippen LogP contribution is 2.23. The second kappa shape index (κ2) is 7.10. The second-order valence-electron chi connectivity index (χ2n) is 5.87. The van der Waals surface area contributed by atoms with Crippen molar-refractivity contribution in [1.82, 2.24) is 9.80 Å². The Balaban J connectivity index is 2.49. The van der Waals surface area contributed by atoms with Gasteiger partial charge in [0.15, 0.2) is 0 Å². The van der Waals surface area contributed by atoms with E-state index in [1.807, 2.05) is 18.7 Å². The quantitative estimate of drug-likeness (QED) is 0.806. The van der Waals surface area contributed by atoms with Crippen molar-refractivity contribution in [3.63, 3.8) is 0 Å². The van der Waals surface area contributed by atoms with Crippen LogP contribution in [0, 0.1) is 5.41 Å². The summed E-state index contributed by atoms with van der Waals surface area (Å²) < 4.78 is 0. The fourth-order valence-corrected chi connectivity index (χ4v) is 2.29. The SMILES string of the molecule is CCC(C)(C)C(=O)N1CCCN(CCCN)CC1. The summed E-state index contributed by atoms with van der Waals surface area (Å²) >= 11 is 0. The van der Waals surface area contributed by atoms with Gasteiger partial charge in [0.1, 0.15) is 0 Å². The van der Waals surface area contributed by atoms with Crippen molar-refractivity contribution in [3.05, 3.63) is 0 Å². The summed E-state index contributed by atoms with van der Waals surface area (Å²) in [4.78, 5) is 16.9. The average Bonchev–Trinajstić information content (AvgIpc) is 2.60. The average molecular weight is 255 g/mol. The summed E-state index contributed by atoms with van der Waals surface area (Å²) in [7, 11) is 0. The molecular weight excluding hydrogens is 226 g/mol. The molecule has 1 fully saturated rings. The predicted octanol–water partition coefficient (Wildman–Crippen LogP) is 1.31. The molecular formula is C14H29N3O. The Hall–Kier alpha value is -0.610. The van der Waals surface area contributed by atoms with E-state index in [1.54, 1.807) is 0 Å². The number of rotatable bonds is 5. The fraction of sp³-hybridized carbons (Fsp3) is 0.929. The van der Waals surface area contributed by atoms with Gasteiger partial charge in [-0.1, -0.05) is 20.8 Å². The molecule has 1 aliphatic rings. The Labute approximate surface area is 111 Å². The van der Waals surface area contributed by atoms with E-state index in [9.17, 15) is 4.79 Å². The van der Waals surface area contributed by atoms with Crippen molar-refractivity contribution in [2.75, 3.05) is 39.3 Å². The van der Waals surface area contributed by atoms with E-state index < -0.39 is 0 Å². The molecule has 0 aromatic rings. The first-order valence-electron chi connectivity index (χ1n) is 7.23. The zero-order valence-electron chi connectivity index (χ0n) is 12.2. The summed E-state index contributed by atoms with van der Waals surface area (Å²) in [6.45, 7) is 11.9. The lowest BCUT2D eigenvalue weighted by atomic mass is 9.88. The molecule has 4 heteroatoms. The van der Waals surface area contributed by atoms with Crippen LogP contribution in [0.4, 0.5) is 0 Å². The molecule has 0 spiro atoms. The van der Waals surface area contributed by atoms with Crippen molar-refractivity contribution < 1.29 is 4.79 Å². The molecule has 1 rings (SSSR count). The highest BCUT2D eigenvalue weighted by molar-refractivity contribution is 5.81. The van der Waals surface area contributed by atoms with Crippen molar-refractivity contribution in [3.8, 4) is 0 Å². The van der Waals surface area contributed by atoms with Gasteiger partial charge in [-0.3, -0.25) is 4.79 Å². The van der Waals surface area contributed by atoms with Gasteiger partial charge in [-0.05, 0) is 38.9 Å².